The Labute approximate surface area is 152 Å². The van der Waals surface area contributed by atoms with Crippen LogP contribution in [0.15, 0.2) is 0 Å². The Bertz CT molecular complexity index is 436. The molecule has 4 fully saturated rings. The lowest BCUT2D eigenvalue weighted by atomic mass is 9.78. The zero-order chi connectivity index (χ0) is 17.4. The van der Waals surface area contributed by atoms with Crippen molar-refractivity contribution < 1.29 is 18.9 Å². The van der Waals surface area contributed by atoms with E-state index in [1.165, 1.54) is 32.1 Å². The Hall–Kier alpha value is -0.160. The molecule has 0 aromatic carbocycles. The van der Waals surface area contributed by atoms with Gasteiger partial charge in [0.15, 0.2) is 12.6 Å². The number of hydrogen-bond acceptors (Lipinski definition) is 4. The Kier molecular flexibility index (Phi) is 5.71. The van der Waals surface area contributed by atoms with Crippen LogP contribution in [0.25, 0.3) is 0 Å². The number of hydrogen-bond donors (Lipinski definition) is 0. The van der Waals surface area contributed by atoms with Crippen LogP contribution in [0.3, 0.4) is 0 Å². The third kappa shape index (κ3) is 3.65. The van der Waals surface area contributed by atoms with Crippen molar-refractivity contribution in [2.45, 2.75) is 90.5 Å². The molecule has 4 rings (SSSR count). The van der Waals surface area contributed by atoms with Crippen molar-refractivity contribution >= 4 is 0 Å². The topological polar surface area (TPSA) is 36.9 Å². The molecule has 2 unspecified atom stereocenters. The van der Waals surface area contributed by atoms with Crippen LogP contribution >= 0.6 is 0 Å². The summed E-state index contributed by atoms with van der Waals surface area (Å²) in [6.45, 7) is 8.51. The fourth-order valence-electron chi connectivity index (χ4n) is 6.02. The first-order valence-corrected chi connectivity index (χ1v) is 10.7. The smallest absolute Gasteiger partial charge is 0.158 e. The van der Waals surface area contributed by atoms with Gasteiger partial charge in [-0.05, 0) is 68.6 Å². The summed E-state index contributed by atoms with van der Waals surface area (Å²) in [5, 5.41) is 0. The molecule has 0 aromatic rings. The predicted octanol–water partition coefficient (Wildman–Crippen LogP) is 4.37. The lowest BCUT2D eigenvalue weighted by Crippen LogP contribution is -2.35. The van der Waals surface area contributed by atoms with E-state index in [-0.39, 0.29) is 12.6 Å². The van der Waals surface area contributed by atoms with Gasteiger partial charge in [0.2, 0.25) is 0 Å². The average Bonchev–Trinajstić information content (AvgIpc) is 3.12. The van der Waals surface area contributed by atoms with E-state index < -0.39 is 0 Å². The van der Waals surface area contributed by atoms with E-state index in [2.05, 4.69) is 20.8 Å². The lowest BCUT2D eigenvalue weighted by molar-refractivity contribution is -0.197. The largest absolute Gasteiger partial charge is 0.353 e. The SMILES string of the molecule is CCOC1C[C@@H]2CC[C@H](C)[C@@H]3C[C@@H](OC4CCCCO4)[C@@H](C)[C@@H]3[C@H]2O1. The highest BCUT2D eigenvalue weighted by molar-refractivity contribution is 5.01. The standard InChI is InChI=1S/C21H36O4/c1-4-22-19-11-15-9-8-13(2)16-12-17(14(3)20(16)21(15)25-19)24-18-7-5-6-10-23-18/h13-21H,4-12H2,1-3H3/t13-,14+,15-,16-,17+,18?,19?,20-,21-/m0/s1. The maximum absolute atomic E-state index is 6.46. The summed E-state index contributed by atoms with van der Waals surface area (Å²) in [5.74, 6) is 3.32. The van der Waals surface area contributed by atoms with Crippen LogP contribution in [0.1, 0.15) is 65.7 Å². The lowest BCUT2D eigenvalue weighted by Gasteiger charge is -2.32. The van der Waals surface area contributed by atoms with E-state index in [0.29, 0.717) is 30.0 Å². The summed E-state index contributed by atoms with van der Waals surface area (Å²) in [6.07, 6.45) is 9.09. The summed E-state index contributed by atoms with van der Waals surface area (Å²) in [6, 6.07) is 0. The van der Waals surface area contributed by atoms with E-state index in [9.17, 15) is 0 Å². The Morgan fingerprint density at radius 3 is 2.64 bits per heavy atom. The van der Waals surface area contributed by atoms with Crippen molar-refractivity contribution in [3.05, 3.63) is 0 Å². The summed E-state index contributed by atoms with van der Waals surface area (Å²) in [5.41, 5.74) is 0. The second-order valence-electron chi connectivity index (χ2n) is 8.84. The Morgan fingerprint density at radius 2 is 1.88 bits per heavy atom. The summed E-state index contributed by atoms with van der Waals surface area (Å²) >= 11 is 0. The average molecular weight is 353 g/mol. The molecule has 0 amide bonds. The molecule has 2 saturated carbocycles. The quantitative estimate of drug-likeness (QED) is 0.753. The molecule has 2 aliphatic heterocycles. The molecule has 0 radical (unpaired) electrons. The highest BCUT2D eigenvalue weighted by atomic mass is 16.7. The maximum atomic E-state index is 6.46. The number of rotatable bonds is 4. The summed E-state index contributed by atoms with van der Waals surface area (Å²) in [7, 11) is 0. The van der Waals surface area contributed by atoms with Crippen molar-refractivity contribution in [2.75, 3.05) is 13.2 Å². The van der Waals surface area contributed by atoms with E-state index in [1.807, 2.05) is 0 Å². The highest BCUT2D eigenvalue weighted by Gasteiger charge is 2.54. The van der Waals surface area contributed by atoms with Crippen LogP contribution in [0.4, 0.5) is 0 Å². The molecular formula is C21H36O4. The van der Waals surface area contributed by atoms with E-state index in [1.54, 1.807) is 0 Å². The fourth-order valence-corrected chi connectivity index (χ4v) is 6.02. The summed E-state index contributed by atoms with van der Waals surface area (Å²) in [4.78, 5) is 0. The van der Waals surface area contributed by atoms with E-state index >= 15 is 0 Å². The minimum absolute atomic E-state index is 0.0166. The molecule has 0 spiro atoms. The fraction of sp³-hybridized carbons (Fsp3) is 1.00. The number of fused-ring (bicyclic) bond motifs is 3. The van der Waals surface area contributed by atoms with Crippen LogP contribution in [-0.4, -0.2) is 38.0 Å². The van der Waals surface area contributed by atoms with Crippen molar-refractivity contribution in [3.63, 3.8) is 0 Å². The predicted molar refractivity (Wildman–Crippen MR) is 96.0 cm³/mol. The Balaban J connectivity index is 1.47. The van der Waals surface area contributed by atoms with Crippen LogP contribution in [-0.2, 0) is 18.9 Å². The van der Waals surface area contributed by atoms with Gasteiger partial charge in [0.05, 0.1) is 12.2 Å². The van der Waals surface area contributed by atoms with Gasteiger partial charge in [-0.3, -0.25) is 0 Å². The molecule has 2 saturated heterocycles. The van der Waals surface area contributed by atoms with Crippen LogP contribution in [0.5, 0.6) is 0 Å². The third-order valence-corrected chi connectivity index (χ3v) is 7.38. The van der Waals surface area contributed by atoms with Crippen molar-refractivity contribution in [1.82, 2.24) is 0 Å². The molecular weight excluding hydrogens is 316 g/mol. The first-order chi connectivity index (χ1) is 12.2. The van der Waals surface area contributed by atoms with Gasteiger partial charge in [-0.1, -0.05) is 20.3 Å². The van der Waals surface area contributed by atoms with E-state index in [0.717, 1.165) is 37.9 Å². The van der Waals surface area contributed by atoms with Gasteiger partial charge in [-0.25, -0.2) is 0 Å². The zero-order valence-electron chi connectivity index (χ0n) is 16.2. The first kappa shape index (κ1) is 18.2. The molecule has 4 aliphatic rings. The molecule has 4 nitrogen and oxygen atoms in total. The molecule has 0 aromatic heterocycles. The second kappa shape index (κ2) is 7.84. The molecule has 4 heteroatoms. The van der Waals surface area contributed by atoms with Crippen molar-refractivity contribution in [2.24, 2.45) is 29.6 Å². The monoisotopic (exact) mass is 352 g/mol. The van der Waals surface area contributed by atoms with Gasteiger partial charge < -0.3 is 18.9 Å². The van der Waals surface area contributed by atoms with Gasteiger partial charge in [-0.15, -0.1) is 0 Å². The molecule has 2 heterocycles. The normalized spacial score (nSPS) is 50.3. The van der Waals surface area contributed by atoms with Crippen molar-refractivity contribution in [1.29, 1.82) is 0 Å². The molecule has 0 N–H and O–H groups in total. The second-order valence-corrected chi connectivity index (χ2v) is 8.84. The highest BCUT2D eigenvalue weighted by Crippen LogP contribution is 2.53. The minimum atomic E-state index is 0.0166. The van der Waals surface area contributed by atoms with Gasteiger partial charge in [0.25, 0.3) is 0 Å². The number of ether oxygens (including phenoxy) is 4. The summed E-state index contributed by atoms with van der Waals surface area (Å²) < 4.78 is 24.6. The molecule has 2 aliphatic carbocycles. The van der Waals surface area contributed by atoms with Gasteiger partial charge >= 0.3 is 0 Å². The molecule has 144 valence electrons. The van der Waals surface area contributed by atoms with Crippen LogP contribution in [0, 0.1) is 29.6 Å². The third-order valence-electron chi connectivity index (χ3n) is 7.38. The van der Waals surface area contributed by atoms with Crippen molar-refractivity contribution in [3.8, 4) is 0 Å². The molecule has 0 bridgehead atoms. The van der Waals surface area contributed by atoms with Gasteiger partial charge in [0, 0.05) is 19.6 Å². The Morgan fingerprint density at radius 1 is 1.00 bits per heavy atom. The molecule has 9 atom stereocenters. The van der Waals surface area contributed by atoms with E-state index in [4.69, 9.17) is 18.9 Å². The maximum Gasteiger partial charge on any atom is 0.158 e. The van der Waals surface area contributed by atoms with Gasteiger partial charge in [0.1, 0.15) is 0 Å². The van der Waals surface area contributed by atoms with Crippen LogP contribution in [0.2, 0.25) is 0 Å². The molecule has 25 heavy (non-hydrogen) atoms. The first-order valence-electron chi connectivity index (χ1n) is 10.7. The zero-order valence-corrected chi connectivity index (χ0v) is 16.2. The minimum Gasteiger partial charge on any atom is -0.353 e. The van der Waals surface area contributed by atoms with Crippen LogP contribution < -0.4 is 0 Å². The van der Waals surface area contributed by atoms with Gasteiger partial charge in [-0.2, -0.15) is 0 Å².